The van der Waals surface area contributed by atoms with Crippen molar-refractivity contribution in [2.45, 2.75) is 32.6 Å². The fourth-order valence-corrected chi connectivity index (χ4v) is 3.19. The van der Waals surface area contributed by atoms with E-state index in [0.717, 1.165) is 0 Å². The highest BCUT2D eigenvalue weighted by atomic mass is 19.2. The molecule has 2 nitrogen and oxygen atoms in total. The van der Waals surface area contributed by atoms with E-state index in [4.69, 9.17) is 4.74 Å². The van der Waals surface area contributed by atoms with Gasteiger partial charge in [-0.1, -0.05) is 6.92 Å². The summed E-state index contributed by atoms with van der Waals surface area (Å²) < 4.78 is 34.0. The maximum atomic E-state index is 14.3. The van der Waals surface area contributed by atoms with E-state index >= 15 is 0 Å². The number of ether oxygens (including phenoxy) is 1. The van der Waals surface area contributed by atoms with Gasteiger partial charge >= 0.3 is 0 Å². The second-order valence-corrected chi connectivity index (χ2v) is 6.25. The summed E-state index contributed by atoms with van der Waals surface area (Å²) in [5.74, 6) is -0.483. The molecular formula is C16H18F2O2. The molecule has 108 valence electrons. The number of phenolic OH excluding ortho intramolecular Hbond substituents is 1. The van der Waals surface area contributed by atoms with Crippen LogP contribution in [0.15, 0.2) is 35.9 Å². The van der Waals surface area contributed by atoms with Crippen LogP contribution in [0.1, 0.15) is 32.6 Å². The number of halogens is 2. The summed E-state index contributed by atoms with van der Waals surface area (Å²) in [6.07, 6.45) is 2.60. The van der Waals surface area contributed by atoms with Crippen LogP contribution in [-0.4, -0.2) is 11.7 Å². The van der Waals surface area contributed by atoms with Crippen molar-refractivity contribution in [1.82, 2.24) is 0 Å². The topological polar surface area (TPSA) is 29.5 Å². The van der Waals surface area contributed by atoms with Crippen molar-refractivity contribution in [2.24, 2.45) is 10.8 Å². The van der Waals surface area contributed by atoms with Crippen molar-refractivity contribution >= 4 is 0 Å². The number of benzene rings is 1. The monoisotopic (exact) mass is 280 g/mol. The first-order valence-electron chi connectivity index (χ1n) is 6.93. The van der Waals surface area contributed by atoms with Crippen molar-refractivity contribution in [3.05, 3.63) is 35.9 Å². The van der Waals surface area contributed by atoms with Crippen molar-refractivity contribution in [1.29, 1.82) is 0 Å². The molecule has 1 N–H and O–H groups in total. The van der Waals surface area contributed by atoms with Gasteiger partial charge in [-0.3, -0.25) is 0 Å². The van der Waals surface area contributed by atoms with Crippen LogP contribution in [0.25, 0.3) is 0 Å². The lowest BCUT2D eigenvalue weighted by Crippen LogP contribution is -2.43. The van der Waals surface area contributed by atoms with E-state index in [9.17, 15) is 13.9 Å². The molecule has 3 aliphatic carbocycles. The van der Waals surface area contributed by atoms with Gasteiger partial charge < -0.3 is 9.84 Å². The highest BCUT2D eigenvalue weighted by molar-refractivity contribution is 5.31. The lowest BCUT2D eigenvalue weighted by Gasteiger charge is -2.48. The highest BCUT2D eigenvalue weighted by Crippen LogP contribution is 2.60. The molecule has 0 heterocycles. The Morgan fingerprint density at radius 3 is 2.25 bits per heavy atom. The molecule has 1 aromatic carbocycles. The third-order valence-corrected chi connectivity index (χ3v) is 4.85. The Morgan fingerprint density at radius 1 is 1.05 bits per heavy atom. The predicted molar refractivity (Wildman–Crippen MR) is 71.9 cm³/mol. The van der Waals surface area contributed by atoms with E-state index in [0.29, 0.717) is 31.4 Å². The Labute approximate surface area is 117 Å². The minimum Gasteiger partial charge on any atom is -0.508 e. The summed E-state index contributed by atoms with van der Waals surface area (Å²) in [5, 5.41) is 9.21. The highest BCUT2D eigenvalue weighted by Gasteiger charge is 2.53. The van der Waals surface area contributed by atoms with Crippen LogP contribution in [0.4, 0.5) is 8.78 Å². The minimum atomic E-state index is -0.806. The standard InChI is InChI=1S/C16H18F2O2/c1-15-6-8-16(9-7-15,14(18)13(15)17)10-20-12-4-2-11(19)3-5-12/h2-5,19H,6-10H2,1H3. The summed E-state index contributed by atoms with van der Waals surface area (Å²) in [4.78, 5) is 0. The van der Waals surface area contributed by atoms with Crippen LogP contribution in [0.2, 0.25) is 0 Å². The van der Waals surface area contributed by atoms with Crippen LogP contribution in [0.3, 0.4) is 0 Å². The second kappa shape index (κ2) is 4.47. The van der Waals surface area contributed by atoms with Crippen molar-refractivity contribution < 1.29 is 18.6 Å². The first kappa shape index (κ1) is 13.4. The maximum Gasteiger partial charge on any atom is 0.141 e. The Balaban J connectivity index is 1.79. The lowest BCUT2D eigenvalue weighted by atomic mass is 9.58. The van der Waals surface area contributed by atoms with E-state index in [1.165, 1.54) is 12.1 Å². The van der Waals surface area contributed by atoms with Gasteiger partial charge in [0.25, 0.3) is 0 Å². The fraction of sp³-hybridized carbons (Fsp3) is 0.500. The molecular weight excluding hydrogens is 262 g/mol. The maximum absolute atomic E-state index is 14.3. The average Bonchev–Trinajstić information content (AvgIpc) is 2.46. The second-order valence-electron chi connectivity index (χ2n) is 6.25. The predicted octanol–water partition coefficient (Wildman–Crippen LogP) is 4.50. The van der Waals surface area contributed by atoms with Gasteiger partial charge in [-0.2, -0.15) is 0 Å². The van der Waals surface area contributed by atoms with Gasteiger partial charge in [0.1, 0.15) is 29.8 Å². The molecule has 4 heteroatoms. The number of fused-ring (bicyclic) bond motifs is 2. The van der Waals surface area contributed by atoms with E-state index in [-0.39, 0.29) is 12.4 Å². The molecule has 1 aromatic rings. The van der Waals surface area contributed by atoms with E-state index in [2.05, 4.69) is 0 Å². The molecule has 20 heavy (non-hydrogen) atoms. The first-order chi connectivity index (χ1) is 9.45. The zero-order valence-corrected chi connectivity index (χ0v) is 11.5. The number of allylic oxidation sites excluding steroid dienone is 1. The fourth-order valence-electron chi connectivity index (χ4n) is 3.19. The summed E-state index contributed by atoms with van der Waals surface area (Å²) in [5.41, 5.74) is -1.41. The van der Waals surface area contributed by atoms with Gasteiger partial charge in [-0.15, -0.1) is 0 Å². The Kier molecular flexibility index (Phi) is 3.00. The third kappa shape index (κ3) is 1.98. The summed E-state index contributed by atoms with van der Waals surface area (Å²) in [6, 6.07) is 6.27. The largest absolute Gasteiger partial charge is 0.508 e. The number of hydrogen-bond donors (Lipinski definition) is 1. The van der Waals surface area contributed by atoms with Crippen LogP contribution >= 0.6 is 0 Å². The van der Waals surface area contributed by atoms with Gasteiger partial charge in [-0.25, -0.2) is 8.78 Å². The molecule has 0 atom stereocenters. The normalized spacial score (nSPS) is 32.5. The molecule has 2 bridgehead atoms. The smallest absolute Gasteiger partial charge is 0.141 e. The van der Waals surface area contributed by atoms with E-state index < -0.39 is 22.5 Å². The van der Waals surface area contributed by atoms with Gasteiger partial charge in [-0.05, 0) is 49.9 Å². The lowest BCUT2D eigenvalue weighted by molar-refractivity contribution is 0.0208. The number of aromatic hydroxyl groups is 1. The summed E-state index contributed by atoms with van der Waals surface area (Å²) in [7, 11) is 0. The zero-order chi connectivity index (χ0) is 14.4. The molecule has 0 saturated heterocycles. The molecule has 0 radical (unpaired) electrons. The molecule has 1 saturated carbocycles. The van der Waals surface area contributed by atoms with E-state index in [1.54, 1.807) is 19.1 Å². The Hall–Kier alpha value is -1.58. The van der Waals surface area contributed by atoms with Crippen molar-refractivity contribution in [3.63, 3.8) is 0 Å². The number of rotatable bonds is 3. The van der Waals surface area contributed by atoms with Gasteiger partial charge in [0, 0.05) is 5.41 Å². The molecule has 0 amide bonds. The van der Waals surface area contributed by atoms with Crippen molar-refractivity contribution in [3.8, 4) is 11.5 Å². The molecule has 1 fully saturated rings. The molecule has 3 aliphatic rings. The number of hydrogen-bond acceptors (Lipinski definition) is 2. The SMILES string of the molecule is CC12CCC(COc3ccc(O)cc3)(CC1)C(F)=C2F. The van der Waals surface area contributed by atoms with Crippen LogP contribution < -0.4 is 4.74 Å². The quantitative estimate of drug-likeness (QED) is 0.883. The van der Waals surface area contributed by atoms with Gasteiger partial charge in [0.05, 0.1) is 5.41 Å². The first-order valence-corrected chi connectivity index (χ1v) is 6.93. The molecule has 0 unspecified atom stereocenters. The zero-order valence-electron chi connectivity index (χ0n) is 11.5. The van der Waals surface area contributed by atoms with Crippen LogP contribution in [0, 0.1) is 10.8 Å². The van der Waals surface area contributed by atoms with Crippen molar-refractivity contribution in [2.75, 3.05) is 6.61 Å². The Bertz CT molecular complexity index is 540. The minimum absolute atomic E-state index is 0.146. The van der Waals surface area contributed by atoms with Gasteiger partial charge in [0.2, 0.25) is 0 Å². The summed E-state index contributed by atoms with van der Waals surface area (Å²) in [6.45, 7) is 1.94. The molecule has 0 aliphatic heterocycles. The van der Waals surface area contributed by atoms with Gasteiger partial charge in [0.15, 0.2) is 0 Å². The summed E-state index contributed by atoms with van der Waals surface area (Å²) >= 11 is 0. The Morgan fingerprint density at radius 2 is 1.65 bits per heavy atom. The molecule has 0 spiro atoms. The third-order valence-electron chi connectivity index (χ3n) is 4.85. The molecule has 0 aromatic heterocycles. The van der Waals surface area contributed by atoms with Crippen LogP contribution in [-0.2, 0) is 0 Å². The molecule has 4 rings (SSSR count). The average molecular weight is 280 g/mol. The number of phenols is 1. The van der Waals surface area contributed by atoms with Crippen LogP contribution in [0.5, 0.6) is 11.5 Å². The van der Waals surface area contributed by atoms with E-state index in [1.807, 2.05) is 0 Å².